The minimum Gasteiger partial charge on any atom is -0.395 e. The van der Waals surface area contributed by atoms with Crippen LogP contribution in [0.2, 0.25) is 5.02 Å². The van der Waals surface area contributed by atoms with Crippen molar-refractivity contribution in [1.82, 2.24) is 19.9 Å². The van der Waals surface area contributed by atoms with E-state index >= 15 is 0 Å². The van der Waals surface area contributed by atoms with E-state index in [-0.39, 0.29) is 43.7 Å². The summed E-state index contributed by atoms with van der Waals surface area (Å²) in [6, 6.07) is 5.56. The first-order valence-corrected chi connectivity index (χ1v) is 10.9. The molecule has 0 saturated carbocycles. The standard InChI is InChI=1S/C22H26ClN7O2S/c1-14-4-3-5-16(23)20(14)28-21(32)17-13-24-22(33-17)27-18-12-19(26-15(2)25-18)30-8-6-29(7-9-30)10-11-31/h3-5,12-13,31H,6-11H2,1-2H3,(H,28,32)(H,24,25,26,27)/i1D3,8D2,9D2,10D2. The normalized spacial score (nSPS) is 22.3. The number of benzene rings is 1. The van der Waals surface area contributed by atoms with Crippen LogP contribution in [0, 0.1) is 13.8 Å². The van der Waals surface area contributed by atoms with E-state index < -0.39 is 51.9 Å². The van der Waals surface area contributed by atoms with Crippen LogP contribution in [0.3, 0.4) is 0 Å². The quantitative estimate of drug-likeness (QED) is 0.457. The maximum absolute atomic E-state index is 12.9. The summed E-state index contributed by atoms with van der Waals surface area (Å²) < 4.78 is 73.0. The Bertz CT molecular complexity index is 1470. The van der Waals surface area contributed by atoms with Crippen molar-refractivity contribution in [2.24, 2.45) is 0 Å². The van der Waals surface area contributed by atoms with Gasteiger partial charge in [-0.1, -0.05) is 35.1 Å². The summed E-state index contributed by atoms with van der Waals surface area (Å²) in [6.45, 7) is -10.2. The molecule has 33 heavy (non-hydrogen) atoms. The largest absolute Gasteiger partial charge is 0.395 e. The molecule has 0 aliphatic carbocycles. The SMILES string of the molecule is [2H]C([2H])([2H])c1cccc(Cl)c1NC(=O)c1cnc(Nc2cc(N3C([2H])([2H])CN(C([2H])([2H])CO)CC3([2H])[2H])nc(C)n2)s1. The number of nitrogens with one attached hydrogen (secondary N) is 2. The van der Waals surface area contributed by atoms with Crippen LogP contribution in [0.5, 0.6) is 0 Å². The first-order valence-electron chi connectivity index (χ1n) is 14.2. The fourth-order valence-corrected chi connectivity index (χ4v) is 3.84. The molecule has 9 nitrogen and oxygen atoms in total. The molecule has 1 amide bonds. The van der Waals surface area contributed by atoms with Gasteiger partial charge in [0.05, 0.1) is 29.0 Å². The summed E-state index contributed by atoms with van der Waals surface area (Å²) in [5.74, 6) is -0.482. The van der Waals surface area contributed by atoms with Crippen LogP contribution in [0.15, 0.2) is 30.5 Å². The summed E-state index contributed by atoms with van der Waals surface area (Å²) in [7, 11) is 0. The second-order valence-electron chi connectivity index (χ2n) is 6.75. The van der Waals surface area contributed by atoms with Crippen molar-refractivity contribution in [2.75, 3.05) is 54.7 Å². The molecule has 3 aromatic rings. The Morgan fingerprint density at radius 2 is 2.21 bits per heavy atom. The smallest absolute Gasteiger partial charge is 0.267 e. The number of aliphatic hydroxyl groups excluding tert-OH is 1. The van der Waals surface area contributed by atoms with E-state index in [1.54, 1.807) is 0 Å². The highest BCUT2D eigenvalue weighted by Crippen LogP contribution is 2.28. The number of anilines is 4. The Hall–Kier alpha value is -2.79. The average molecular weight is 497 g/mol. The summed E-state index contributed by atoms with van der Waals surface area (Å²) in [4.78, 5) is 27.3. The van der Waals surface area contributed by atoms with Gasteiger partial charge in [0.1, 0.15) is 22.3 Å². The van der Waals surface area contributed by atoms with Crippen LogP contribution in [0.4, 0.5) is 22.5 Å². The average Bonchev–Trinajstić information content (AvgIpc) is 3.31. The third-order valence-corrected chi connectivity index (χ3v) is 5.63. The molecule has 2 aromatic heterocycles. The van der Waals surface area contributed by atoms with Gasteiger partial charge in [0, 0.05) is 45.5 Å². The number of amides is 1. The molecule has 0 atom stereocenters. The minimum atomic E-state index is -2.51. The van der Waals surface area contributed by atoms with Crippen LogP contribution >= 0.6 is 22.9 Å². The molecule has 3 heterocycles. The number of piperazine rings is 1. The molecule has 0 unspecified atom stereocenters. The Kier molecular flexibility index (Phi) is 4.57. The number of rotatable bonds is 7. The van der Waals surface area contributed by atoms with Gasteiger partial charge in [-0.25, -0.2) is 15.0 Å². The van der Waals surface area contributed by atoms with Gasteiger partial charge >= 0.3 is 0 Å². The maximum atomic E-state index is 12.9. The lowest BCUT2D eigenvalue weighted by Gasteiger charge is -2.35. The number of hydrogen-bond acceptors (Lipinski definition) is 9. The Morgan fingerprint density at radius 3 is 2.97 bits per heavy atom. The van der Waals surface area contributed by atoms with E-state index in [1.807, 2.05) is 0 Å². The van der Waals surface area contributed by atoms with Gasteiger partial charge in [-0.3, -0.25) is 9.69 Å². The van der Waals surface area contributed by atoms with Crippen molar-refractivity contribution < 1.29 is 22.2 Å². The first kappa shape index (κ1) is 14.5. The molecule has 1 aliphatic heterocycles. The number of halogens is 1. The maximum Gasteiger partial charge on any atom is 0.267 e. The van der Waals surface area contributed by atoms with Crippen LogP contribution in [-0.2, 0) is 0 Å². The molecule has 4 rings (SSSR count). The highest BCUT2D eigenvalue weighted by atomic mass is 35.5. The molecule has 1 aromatic carbocycles. The molecule has 1 aliphatic rings. The van der Waals surface area contributed by atoms with Gasteiger partial charge < -0.3 is 20.6 Å². The van der Waals surface area contributed by atoms with E-state index in [9.17, 15) is 9.90 Å². The molecule has 11 heteroatoms. The van der Waals surface area contributed by atoms with E-state index in [2.05, 4.69) is 25.6 Å². The number of nitrogens with zero attached hydrogens (tertiary/aromatic N) is 5. The minimum absolute atomic E-state index is 0.0427. The Balaban J connectivity index is 1.57. The molecule has 1 saturated heterocycles. The summed E-state index contributed by atoms with van der Waals surface area (Å²) >= 11 is 7.07. The van der Waals surface area contributed by atoms with Gasteiger partial charge in [-0.05, 0) is 25.4 Å². The van der Waals surface area contributed by atoms with Crippen molar-refractivity contribution in [1.29, 1.82) is 0 Å². The molecule has 3 N–H and O–H groups in total. The van der Waals surface area contributed by atoms with E-state index in [4.69, 9.17) is 23.9 Å². The van der Waals surface area contributed by atoms with Crippen LogP contribution in [0.1, 0.15) is 33.4 Å². The van der Waals surface area contributed by atoms with Crippen LogP contribution < -0.4 is 15.5 Å². The molecule has 1 fully saturated rings. The number of hydrogen-bond donors (Lipinski definition) is 3. The fourth-order valence-electron chi connectivity index (χ4n) is 2.90. The number of thiazole rings is 1. The predicted octanol–water partition coefficient (Wildman–Crippen LogP) is 3.31. The number of aryl methyl sites for hydroxylation is 2. The Labute approximate surface area is 214 Å². The van der Waals surface area contributed by atoms with E-state index in [0.29, 0.717) is 0 Å². The summed E-state index contributed by atoms with van der Waals surface area (Å²) in [6.07, 6.45) is 1.26. The zero-order chi connectivity index (χ0) is 31.3. The van der Waals surface area contributed by atoms with Gasteiger partial charge in [0.15, 0.2) is 5.13 Å². The molecule has 0 radical (unpaired) electrons. The number of carbonyl (C=O) groups excluding carboxylic acids is 1. The van der Waals surface area contributed by atoms with Crippen molar-refractivity contribution in [3.05, 3.63) is 51.7 Å². The van der Waals surface area contributed by atoms with Gasteiger partial charge in [-0.15, -0.1) is 0 Å². The lowest BCUT2D eigenvalue weighted by Crippen LogP contribution is -2.47. The second-order valence-corrected chi connectivity index (χ2v) is 8.19. The number of aromatic nitrogens is 3. The number of β-amino-alcohol motifs (C(OH)–C–C–N with tert-alkyl or cyclic N) is 1. The van der Waals surface area contributed by atoms with Crippen LogP contribution in [-0.4, -0.2) is 70.1 Å². The molecular formula is C22H26ClN7O2S. The zero-order valence-electron chi connectivity index (χ0n) is 26.4. The second kappa shape index (κ2) is 10.4. The van der Waals surface area contributed by atoms with E-state index in [1.165, 1.54) is 37.4 Å². The number of para-hydroxylation sites is 1. The predicted molar refractivity (Wildman–Crippen MR) is 132 cm³/mol. The van der Waals surface area contributed by atoms with Gasteiger partial charge in [0.25, 0.3) is 5.91 Å². The Morgan fingerprint density at radius 1 is 1.39 bits per heavy atom. The summed E-state index contributed by atoms with van der Waals surface area (Å²) in [5, 5.41) is 15.1. The highest BCUT2D eigenvalue weighted by Gasteiger charge is 2.19. The van der Waals surface area contributed by atoms with E-state index in [0.717, 1.165) is 21.1 Å². The molecule has 174 valence electrons. The molecule has 0 bridgehead atoms. The third kappa shape index (κ3) is 5.77. The van der Waals surface area contributed by atoms with Crippen molar-refractivity contribution in [3.8, 4) is 0 Å². The molecular weight excluding hydrogens is 462 g/mol. The third-order valence-electron chi connectivity index (χ3n) is 4.40. The van der Waals surface area contributed by atoms with Crippen LogP contribution in [0.25, 0.3) is 0 Å². The lowest BCUT2D eigenvalue weighted by atomic mass is 10.2. The van der Waals surface area contributed by atoms with Crippen molar-refractivity contribution in [2.45, 2.75) is 13.8 Å². The molecule has 0 spiro atoms. The fraction of sp³-hybridized carbons (Fsp3) is 0.364. The van der Waals surface area contributed by atoms with Crippen molar-refractivity contribution >= 4 is 51.3 Å². The topological polar surface area (TPSA) is 107 Å². The number of aliphatic hydroxyl groups is 1. The van der Waals surface area contributed by atoms with Gasteiger partial charge in [-0.2, -0.15) is 0 Å². The number of carbonyl (C=O) groups is 1. The monoisotopic (exact) mass is 496 g/mol. The highest BCUT2D eigenvalue weighted by molar-refractivity contribution is 7.17. The summed E-state index contributed by atoms with van der Waals surface area (Å²) in [5.41, 5.74) is -0.165. The zero-order valence-corrected chi connectivity index (χ0v) is 19.0. The lowest BCUT2D eigenvalue weighted by molar-refractivity contribution is 0.103. The van der Waals surface area contributed by atoms with Crippen molar-refractivity contribution in [3.63, 3.8) is 0 Å². The van der Waals surface area contributed by atoms with Gasteiger partial charge in [0.2, 0.25) is 0 Å². The first-order chi connectivity index (χ1) is 19.3.